The fourth-order valence-corrected chi connectivity index (χ4v) is 1.60. The van der Waals surface area contributed by atoms with E-state index in [-0.39, 0.29) is 0 Å². The SMILES string of the molecule is NCCCCCCNNCCCCCCN. The first-order chi connectivity index (χ1) is 7.91. The van der Waals surface area contributed by atoms with Gasteiger partial charge in [0.15, 0.2) is 0 Å². The Balaban J connectivity index is 2.83. The fourth-order valence-electron chi connectivity index (χ4n) is 1.60. The molecule has 0 saturated carbocycles. The summed E-state index contributed by atoms with van der Waals surface area (Å²) in [4.78, 5) is 0. The molecule has 6 N–H and O–H groups in total. The van der Waals surface area contributed by atoms with Gasteiger partial charge in [0.2, 0.25) is 0 Å². The van der Waals surface area contributed by atoms with Crippen LogP contribution >= 0.6 is 0 Å². The Morgan fingerprint density at radius 2 is 0.875 bits per heavy atom. The average Bonchev–Trinajstić information content (AvgIpc) is 2.31. The van der Waals surface area contributed by atoms with Crippen LogP contribution in [0.5, 0.6) is 0 Å². The zero-order valence-corrected chi connectivity index (χ0v) is 10.6. The van der Waals surface area contributed by atoms with Crippen LogP contribution in [-0.4, -0.2) is 26.2 Å². The highest BCUT2D eigenvalue weighted by molar-refractivity contribution is 4.49. The van der Waals surface area contributed by atoms with Crippen LogP contribution in [0.3, 0.4) is 0 Å². The molecule has 0 unspecified atom stereocenters. The van der Waals surface area contributed by atoms with Crippen molar-refractivity contribution < 1.29 is 0 Å². The number of nitrogens with two attached hydrogens (primary N) is 2. The van der Waals surface area contributed by atoms with E-state index in [0.29, 0.717) is 0 Å². The Labute approximate surface area is 101 Å². The second-order valence-electron chi connectivity index (χ2n) is 4.26. The molecule has 0 amide bonds. The summed E-state index contributed by atoms with van der Waals surface area (Å²) < 4.78 is 0. The van der Waals surface area contributed by atoms with Crippen LogP contribution in [0.1, 0.15) is 51.4 Å². The lowest BCUT2D eigenvalue weighted by Gasteiger charge is -2.06. The number of hydrogen-bond donors (Lipinski definition) is 4. The van der Waals surface area contributed by atoms with E-state index in [2.05, 4.69) is 10.9 Å². The molecule has 4 heteroatoms. The Hall–Kier alpha value is -0.160. The van der Waals surface area contributed by atoms with Gasteiger partial charge in [0.05, 0.1) is 0 Å². The molecule has 0 aromatic rings. The number of rotatable bonds is 13. The lowest BCUT2D eigenvalue weighted by atomic mass is 10.2. The number of nitrogens with one attached hydrogen (secondary N) is 2. The van der Waals surface area contributed by atoms with Crippen molar-refractivity contribution in [3.8, 4) is 0 Å². The molecule has 98 valence electrons. The van der Waals surface area contributed by atoms with Crippen LogP contribution < -0.4 is 22.3 Å². The smallest absolute Gasteiger partial charge is 0.00997 e. The van der Waals surface area contributed by atoms with Crippen LogP contribution in [0.2, 0.25) is 0 Å². The Kier molecular flexibility index (Phi) is 14.7. The van der Waals surface area contributed by atoms with Crippen molar-refractivity contribution in [3.63, 3.8) is 0 Å². The molecule has 16 heavy (non-hydrogen) atoms. The highest BCUT2D eigenvalue weighted by atomic mass is 15.3. The quantitative estimate of drug-likeness (QED) is 0.282. The third-order valence-electron chi connectivity index (χ3n) is 2.64. The minimum Gasteiger partial charge on any atom is -0.330 e. The molecule has 0 atom stereocenters. The first-order valence-corrected chi connectivity index (χ1v) is 6.77. The predicted molar refractivity (Wildman–Crippen MR) is 71.1 cm³/mol. The van der Waals surface area contributed by atoms with E-state index in [1.165, 1.54) is 38.5 Å². The van der Waals surface area contributed by atoms with E-state index in [1.54, 1.807) is 0 Å². The van der Waals surface area contributed by atoms with Crippen LogP contribution in [0, 0.1) is 0 Å². The first-order valence-electron chi connectivity index (χ1n) is 6.77. The standard InChI is InChI=1S/C12H30N4/c13-9-5-1-3-7-11-15-16-12-8-4-2-6-10-14/h15-16H,1-14H2. The lowest BCUT2D eigenvalue weighted by molar-refractivity contribution is 0.485. The van der Waals surface area contributed by atoms with E-state index in [4.69, 9.17) is 11.5 Å². The maximum Gasteiger partial charge on any atom is 0.00997 e. The van der Waals surface area contributed by atoms with Crippen molar-refractivity contribution >= 4 is 0 Å². The van der Waals surface area contributed by atoms with Crippen LogP contribution in [0.4, 0.5) is 0 Å². The molecule has 0 aliphatic heterocycles. The molecule has 0 aliphatic carbocycles. The molecule has 0 aromatic heterocycles. The predicted octanol–water partition coefficient (Wildman–Crippen LogP) is 1.12. The van der Waals surface area contributed by atoms with E-state index in [0.717, 1.165) is 39.0 Å². The molecule has 0 spiro atoms. The zero-order chi connectivity index (χ0) is 11.9. The molecule has 0 heterocycles. The summed E-state index contributed by atoms with van der Waals surface area (Å²) >= 11 is 0. The molecule has 0 fully saturated rings. The Bertz CT molecular complexity index is 106. The minimum absolute atomic E-state index is 0.828. The number of hydrazine groups is 1. The maximum atomic E-state index is 5.42. The normalized spacial score (nSPS) is 10.9. The van der Waals surface area contributed by atoms with Crippen molar-refractivity contribution in [1.29, 1.82) is 0 Å². The molecule has 0 saturated heterocycles. The third kappa shape index (κ3) is 13.8. The molecular formula is C12H30N4. The van der Waals surface area contributed by atoms with Crippen LogP contribution in [0.15, 0.2) is 0 Å². The zero-order valence-electron chi connectivity index (χ0n) is 10.6. The van der Waals surface area contributed by atoms with Crippen LogP contribution in [0.25, 0.3) is 0 Å². The van der Waals surface area contributed by atoms with Gasteiger partial charge >= 0.3 is 0 Å². The van der Waals surface area contributed by atoms with E-state index < -0.39 is 0 Å². The van der Waals surface area contributed by atoms with E-state index in [9.17, 15) is 0 Å². The monoisotopic (exact) mass is 230 g/mol. The summed E-state index contributed by atoms with van der Waals surface area (Å²) in [5.74, 6) is 0. The third-order valence-corrected chi connectivity index (χ3v) is 2.64. The van der Waals surface area contributed by atoms with Gasteiger partial charge in [-0.1, -0.05) is 25.7 Å². The summed E-state index contributed by atoms with van der Waals surface area (Å²) in [7, 11) is 0. The topological polar surface area (TPSA) is 76.1 Å². The van der Waals surface area contributed by atoms with Gasteiger partial charge in [-0.2, -0.15) is 0 Å². The summed E-state index contributed by atoms with van der Waals surface area (Å²) in [5.41, 5.74) is 17.3. The van der Waals surface area contributed by atoms with Gasteiger partial charge < -0.3 is 11.5 Å². The number of hydrogen-bond acceptors (Lipinski definition) is 4. The molecule has 0 radical (unpaired) electrons. The van der Waals surface area contributed by atoms with Crippen molar-refractivity contribution in [2.75, 3.05) is 26.2 Å². The van der Waals surface area contributed by atoms with Crippen molar-refractivity contribution in [2.45, 2.75) is 51.4 Å². The van der Waals surface area contributed by atoms with Crippen molar-refractivity contribution in [1.82, 2.24) is 10.9 Å². The maximum absolute atomic E-state index is 5.42. The molecule has 0 rings (SSSR count). The van der Waals surface area contributed by atoms with Crippen molar-refractivity contribution in [2.24, 2.45) is 11.5 Å². The highest BCUT2D eigenvalue weighted by Crippen LogP contribution is 1.97. The molecule has 0 bridgehead atoms. The first kappa shape index (κ1) is 15.8. The highest BCUT2D eigenvalue weighted by Gasteiger charge is 1.90. The summed E-state index contributed by atoms with van der Waals surface area (Å²) in [5, 5.41) is 0. The van der Waals surface area contributed by atoms with Gasteiger partial charge in [0, 0.05) is 13.1 Å². The van der Waals surface area contributed by atoms with E-state index >= 15 is 0 Å². The largest absolute Gasteiger partial charge is 0.330 e. The summed E-state index contributed by atoms with van der Waals surface area (Å²) in [6.45, 7) is 3.78. The Morgan fingerprint density at radius 3 is 1.25 bits per heavy atom. The molecule has 4 nitrogen and oxygen atoms in total. The average molecular weight is 230 g/mol. The molecule has 0 aliphatic rings. The van der Waals surface area contributed by atoms with Gasteiger partial charge in [0.25, 0.3) is 0 Å². The Morgan fingerprint density at radius 1 is 0.500 bits per heavy atom. The fraction of sp³-hybridized carbons (Fsp3) is 1.00. The molecule has 0 aromatic carbocycles. The number of unbranched alkanes of at least 4 members (excludes halogenated alkanes) is 6. The second kappa shape index (κ2) is 14.8. The summed E-state index contributed by atoms with van der Waals surface area (Å²) in [6.07, 6.45) is 9.88. The van der Waals surface area contributed by atoms with Gasteiger partial charge in [-0.05, 0) is 38.8 Å². The van der Waals surface area contributed by atoms with Gasteiger partial charge in [-0.15, -0.1) is 0 Å². The second-order valence-corrected chi connectivity index (χ2v) is 4.26. The molecular weight excluding hydrogens is 200 g/mol. The van der Waals surface area contributed by atoms with Crippen LogP contribution in [-0.2, 0) is 0 Å². The van der Waals surface area contributed by atoms with Gasteiger partial charge in [-0.25, -0.2) is 0 Å². The van der Waals surface area contributed by atoms with E-state index in [1.807, 2.05) is 0 Å². The van der Waals surface area contributed by atoms with Gasteiger partial charge in [-0.3, -0.25) is 10.9 Å². The minimum atomic E-state index is 0.828. The lowest BCUT2D eigenvalue weighted by Crippen LogP contribution is -2.33. The van der Waals surface area contributed by atoms with Crippen molar-refractivity contribution in [3.05, 3.63) is 0 Å². The summed E-state index contributed by atoms with van der Waals surface area (Å²) in [6, 6.07) is 0. The van der Waals surface area contributed by atoms with Gasteiger partial charge in [0.1, 0.15) is 0 Å².